The summed E-state index contributed by atoms with van der Waals surface area (Å²) in [6.45, 7) is 1.64. The maximum Gasteiger partial charge on any atom is 0.339 e. The summed E-state index contributed by atoms with van der Waals surface area (Å²) in [5.74, 6) is -1.39. The largest absolute Gasteiger partial charge is 0.507 e. The molecule has 98 valence electrons. The highest BCUT2D eigenvalue weighted by molar-refractivity contribution is 7.98. The Bertz CT molecular complexity index is 496. The second kappa shape index (κ2) is 5.77. The summed E-state index contributed by atoms with van der Waals surface area (Å²) < 4.78 is 9.24. The summed E-state index contributed by atoms with van der Waals surface area (Å²) in [7, 11) is 2.44. The lowest BCUT2D eigenvalue weighted by atomic mass is 10.0. The molecule has 1 rings (SSSR count). The van der Waals surface area contributed by atoms with Gasteiger partial charge in [-0.2, -0.15) is 0 Å². The van der Waals surface area contributed by atoms with E-state index in [4.69, 9.17) is 0 Å². The molecule has 0 bridgehead atoms. The number of thioether (sulfide) groups is 1. The first kappa shape index (κ1) is 14.4. The van der Waals surface area contributed by atoms with Crippen molar-refractivity contribution in [3.05, 3.63) is 22.8 Å². The van der Waals surface area contributed by atoms with E-state index < -0.39 is 11.9 Å². The van der Waals surface area contributed by atoms with E-state index in [-0.39, 0.29) is 16.9 Å². The third kappa shape index (κ3) is 2.43. The Morgan fingerprint density at radius 3 is 2.22 bits per heavy atom. The number of methoxy groups -OCH3 is 2. The van der Waals surface area contributed by atoms with Gasteiger partial charge in [0.2, 0.25) is 0 Å². The highest BCUT2D eigenvalue weighted by Crippen LogP contribution is 2.35. The average Bonchev–Trinajstić information content (AvgIpc) is 2.36. The fourth-order valence-electron chi connectivity index (χ4n) is 1.68. The van der Waals surface area contributed by atoms with Gasteiger partial charge in [-0.1, -0.05) is 0 Å². The van der Waals surface area contributed by atoms with Gasteiger partial charge < -0.3 is 14.6 Å². The molecule has 0 aliphatic heterocycles. The molecule has 0 spiro atoms. The van der Waals surface area contributed by atoms with Crippen molar-refractivity contribution in [2.24, 2.45) is 0 Å². The van der Waals surface area contributed by atoms with Crippen molar-refractivity contribution in [2.45, 2.75) is 11.8 Å². The zero-order chi connectivity index (χ0) is 13.9. The first-order chi connectivity index (χ1) is 8.47. The molecule has 1 aromatic carbocycles. The minimum absolute atomic E-state index is 0.00264. The lowest BCUT2D eigenvalue weighted by Gasteiger charge is -2.14. The lowest BCUT2D eigenvalue weighted by molar-refractivity contribution is 0.0553. The van der Waals surface area contributed by atoms with Crippen LogP contribution in [0, 0.1) is 6.92 Å². The monoisotopic (exact) mass is 270 g/mol. The molecule has 0 amide bonds. The Balaban J connectivity index is 3.60. The third-order valence-corrected chi connectivity index (χ3v) is 3.42. The molecule has 1 N–H and O–H groups in total. The van der Waals surface area contributed by atoms with Crippen molar-refractivity contribution in [1.82, 2.24) is 0 Å². The van der Waals surface area contributed by atoms with E-state index >= 15 is 0 Å². The fraction of sp³-hybridized carbons (Fsp3) is 0.333. The highest BCUT2D eigenvalue weighted by Gasteiger charge is 2.25. The van der Waals surface area contributed by atoms with E-state index in [1.807, 2.05) is 0 Å². The van der Waals surface area contributed by atoms with Gasteiger partial charge in [-0.15, -0.1) is 11.8 Å². The van der Waals surface area contributed by atoms with Crippen LogP contribution in [0.5, 0.6) is 5.75 Å². The van der Waals surface area contributed by atoms with E-state index in [0.29, 0.717) is 10.5 Å². The van der Waals surface area contributed by atoms with Gasteiger partial charge in [0, 0.05) is 0 Å². The zero-order valence-electron chi connectivity index (χ0n) is 10.6. The Hall–Kier alpha value is -1.69. The number of hydrogen-bond donors (Lipinski definition) is 1. The molecular weight excluding hydrogens is 256 g/mol. The van der Waals surface area contributed by atoms with Crippen LogP contribution in [0.1, 0.15) is 26.3 Å². The Morgan fingerprint density at radius 1 is 1.22 bits per heavy atom. The first-order valence-corrected chi connectivity index (χ1v) is 6.27. The molecule has 0 aromatic heterocycles. The van der Waals surface area contributed by atoms with Gasteiger partial charge in [-0.3, -0.25) is 0 Å². The Morgan fingerprint density at radius 2 is 1.78 bits per heavy atom. The van der Waals surface area contributed by atoms with Crippen LogP contribution in [0.2, 0.25) is 0 Å². The average molecular weight is 270 g/mol. The quantitative estimate of drug-likeness (QED) is 0.669. The first-order valence-electron chi connectivity index (χ1n) is 5.05. The predicted molar refractivity (Wildman–Crippen MR) is 67.3 cm³/mol. The summed E-state index contributed by atoms with van der Waals surface area (Å²) in [6.07, 6.45) is 1.76. The van der Waals surface area contributed by atoms with Crippen molar-refractivity contribution in [3.8, 4) is 5.75 Å². The van der Waals surface area contributed by atoms with Crippen LogP contribution in [-0.2, 0) is 9.47 Å². The second-order valence-corrected chi connectivity index (χ2v) is 4.28. The summed E-state index contributed by atoms with van der Waals surface area (Å²) in [5.41, 5.74) is 0.610. The molecule has 1 aromatic rings. The molecule has 0 aliphatic carbocycles. The lowest BCUT2D eigenvalue weighted by Crippen LogP contribution is -2.14. The number of carbonyl (C=O) groups excluding carboxylic acids is 2. The molecule has 18 heavy (non-hydrogen) atoms. The third-order valence-electron chi connectivity index (χ3n) is 2.50. The molecule has 0 fully saturated rings. The number of ether oxygens (including phenoxy) is 2. The highest BCUT2D eigenvalue weighted by atomic mass is 32.2. The van der Waals surface area contributed by atoms with E-state index in [1.54, 1.807) is 13.2 Å². The number of rotatable bonds is 3. The van der Waals surface area contributed by atoms with Gasteiger partial charge in [0.1, 0.15) is 5.75 Å². The van der Waals surface area contributed by atoms with E-state index in [1.165, 1.54) is 32.0 Å². The van der Waals surface area contributed by atoms with Crippen LogP contribution in [0.4, 0.5) is 0 Å². The van der Waals surface area contributed by atoms with Crippen molar-refractivity contribution >= 4 is 23.7 Å². The van der Waals surface area contributed by atoms with Crippen LogP contribution in [-0.4, -0.2) is 37.5 Å². The SMILES string of the molecule is COC(=O)c1cc(O)c(SC)c(C)c1C(=O)OC. The minimum atomic E-state index is -0.693. The molecule has 0 unspecified atom stereocenters. The molecular formula is C12H14O5S. The van der Waals surface area contributed by atoms with E-state index in [0.717, 1.165) is 0 Å². The van der Waals surface area contributed by atoms with E-state index in [9.17, 15) is 14.7 Å². The Labute approximate surface area is 109 Å². The van der Waals surface area contributed by atoms with Crippen molar-refractivity contribution < 1.29 is 24.2 Å². The van der Waals surface area contributed by atoms with Gasteiger partial charge in [-0.25, -0.2) is 9.59 Å². The van der Waals surface area contributed by atoms with Gasteiger partial charge >= 0.3 is 11.9 Å². The second-order valence-electron chi connectivity index (χ2n) is 3.46. The van der Waals surface area contributed by atoms with Gasteiger partial charge in [0.15, 0.2) is 0 Å². The fourth-order valence-corrected chi connectivity index (χ4v) is 2.35. The smallest absolute Gasteiger partial charge is 0.339 e. The van der Waals surface area contributed by atoms with Gasteiger partial charge in [0.25, 0.3) is 0 Å². The predicted octanol–water partition coefficient (Wildman–Crippen LogP) is 2.00. The number of aromatic hydroxyl groups is 1. The summed E-state index contributed by atoms with van der Waals surface area (Å²) in [6, 6.07) is 1.22. The maximum atomic E-state index is 11.7. The number of phenolic OH excluding ortho intramolecular Hbond substituents is 1. The Kier molecular flexibility index (Phi) is 4.61. The molecule has 6 heteroatoms. The van der Waals surface area contributed by atoms with Crippen LogP contribution >= 0.6 is 11.8 Å². The van der Waals surface area contributed by atoms with Crippen LogP contribution in [0.15, 0.2) is 11.0 Å². The topological polar surface area (TPSA) is 72.8 Å². The van der Waals surface area contributed by atoms with Gasteiger partial charge in [-0.05, 0) is 24.8 Å². The standard InChI is InChI=1S/C12H14O5S/c1-6-9(12(15)17-3)7(11(14)16-2)5-8(13)10(6)18-4/h5,13H,1-4H3. The van der Waals surface area contributed by atoms with Crippen LogP contribution in [0.25, 0.3) is 0 Å². The van der Waals surface area contributed by atoms with Crippen LogP contribution < -0.4 is 0 Å². The maximum absolute atomic E-state index is 11.7. The molecule has 0 saturated heterocycles. The minimum Gasteiger partial charge on any atom is -0.507 e. The number of benzene rings is 1. The van der Waals surface area contributed by atoms with Gasteiger partial charge in [0.05, 0.1) is 30.2 Å². The molecule has 0 heterocycles. The number of phenols is 1. The molecule has 0 aliphatic rings. The van der Waals surface area contributed by atoms with Crippen molar-refractivity contribution in [1.29, 1.82) is 0 Å². The molecule has 0 saturated carbocycles. The summed E-state index contributed by atoms with van der Waals surface area (Å²) in [4.78, 5) is 23.9. The summed E-state index contributed by atoms with van der Waals surface area (Å²) >= 11 is 1.28. The molecule has 0 radical (unpaired) electrons. The molecule has 5 nitrogen and oxygen atoms in total. The van der Waals surface area contributed by atoms with Crippen molar-refractivity contribution in [2.75, 3.05) is 20.5 Å². The zero-order valence-corrected chi connectivity index (χ0v) is 11.4. The summed E-state index contributed by atoms with van der Waals surface area (Å²) in [5, 5.41) is 9.81. The van der Waals surface area contributed by atoms with E-state index in [2.05, 4.69) is 9.47 Å². The number of esters is 2. The van der Waals surface area contributed by atoms with Crippen molar-refractivity contribution in [3.63, 3.8) is 0 Å². The number of carbonyl (C=O) groups is 2. The number of hydrogen-bond acceptors (Lipinski definition) is 6. The van der Waals surface area contributed by atoms with Crippen LogP contribution in [0.3, 0.4) is 0 Å². The normalized spacial score (nSPS) is 10.0. The molecule has 0 atom stereocenters.